The van der Waals surface area contributed by atoms with Crippen LogP contribution in [0.3, 0.4) is 0 Å². The molecule has 0 aliphatic heterocycles. The molecule has 0 atom stereocenters. The van der Waals surface area contributed by atoms with Crippen LogP contribution in [0.5, 0.6) is 0 Å². The molecule has 1 amide bonds. The summed E-state index contributed by atoms with van der Waals surface area (Å²) in [4.78, 5) is 12.1. The van der Waals surface area contributed by atoms with Gasteiger partial charge in [0.05, 0.1) is 0 Å². The van der Waals surface area contributed by atoms with E-state index < -0.39 is 0 Å². The van der Waals surface area contributed by atoms with E-state index in [4.69, 9.17) is 0 Å². The predicted octanol–water partition coefficient (Wildman–Crippen LogP) is 3.89. The third-order valence-corrected chi connectivity index (χ3v) is 2.97. The van der Waals surface area contributed by atoms with Crippen molar-refractivity contribution < 1.29 is 4.79 Å². The molecule has 0 aliphatic rings. The minimum absolute atomic E-state index is 0.117. The molecule has 1 radical (unpaired) electrons. The van der Waals surface area contributed by atoms with Gasteiger partial charge >= 0.3 is 0 Å². The minimum Gasteiger partial charge on any atom is -0.321 e. The highest BCUT2D eigenvalue weighted by Crippen LogP contribution is 2.16. The Balaban J connectivity index is 1.89. The van der Waals surface area contributed by atoms with Crippen LogP contribution in [0, 0.1) is 6.07 Å². The van der Waals surface area contributed by atoms with Gasteiger partial charge in [0.15, 0.2) is 0 Å². The summed E-state index contributed by atoms with van der Waals surface area (Å²) < 4.78 is 0. The average Bonchev–Trinajstić information content (AvgIpc) is 2.48. The Labute approximate surface area is 111 Å². The van der Waals surface area contributed by atoms with Gasteiger partial charge in [0.25, 0.3) is 5.91 Å². The summed E-state index contributed by atoms with van der Waals surface area (Å²) in [6, 6.07) is 24.0. The number of anilines is 1. The summed E-state index contributed by atoms with van der Waals surface area (Å²) in [6.07, 6.45) is 0. The summed E-state index contributed by atoms with van der Waals surface area (Å²) in [5.41, 5.74) is 1.33. The number of para-hydroxylation sites is 1. The zero-order valence-corrected chi connectivity index (χ0v) is 10.3. The van der Waals surface area contributed by atoms with Crippen LogP contribution in [0.15, 0.2) is 66.7 Å². The van der Waals surface area contributed by atoms with Crippen molar-refractivity contribution in [3.8, 4) is 0 Å². The molecule has 0 aliphatic carbocycles. The highest BCUT2D eigenvalue weighted by molar-refractivity contribution is 6.06. The van der Waals surface area contributed by atoms with Crippen LogP contribution < -0.4 is 5.32 Å². The van der Waals surface area contributed by atoms with Crippen molar-refractivity contribution in [2.75, 3.05) is 5.32 Å². The highest BCUT2D eigenvalue weighted by Gasteiger charge is 2.06. The maximum Gasteiger partial charge on any atom is 0.255 e. The quantitative estimate of drug-likeness (QED) is 0.730. The molecule has 0 bridgehead atoms. The van der Waals surface area contributed by atoms with Gasteiger partial charge in [-0.2, -0.15) is 0 Å². The van der Waals surface area contributed by atoms with Crippen molar-refractivity contribution in [1.82, 2.24) is 0 Å². The lowest BCUT2D eigenvalue weighted by Crippen LogP contribution is -2.11. The van der Waals surface area contributed by atoms with Crippen LogP contribution in [0.2, 0.25) is 0 Å². The largest absolute Gasteiger partial charge is 0.321 e. The highest BCUT2D eigenvalue weighted by atomic mass is 16.1. The number of rotatable bonds is 2. The lowest BCUT2D eigenvalue weighted by molar-refractivity contribution is 0.102. The Hall–Kier alpha value is -2.61. The monoisotopic (exact) mass is 246 g/mol. The molecule has 0 unspecified atom stereocenters. The number of hydrogen-bond acceptors (Lipinski definition) is 1. The first-order valence-electron chi connectivity index (χ1n) is 6.10. The molecule has 0 fully saturated rings. The molecular formula is C17H12NO. The van der Waals surface area contributed by atoms with Crippen molar-refractivity contribution in [3.05, 3.63) is 78.4 Å². The van der Waals surface area contributed by atoms with E-state index in [-0.39, 0.29) is 5.91 Å². The topological polar surface area (TPSA) is 29.1 Å². The molecule has 3 aromatic rings. The SMILES string of the molecule is O=C(Nc1[c]cccc1)c1ccc2ccccc2c1. The normalized spacial score (nSPS) is 10.3. The van der Waals surface area contributed by atoms with E-state index in [1.54, 1.807) is 6.07 Å². The molecule has 2 heteroatoms. The van der Waals surface area contributed by atoms with E-state index in [2.05, 4.69) is 11.4 Å². The third kappa shape index (κ3) is 2.47. The zero-order chi connectivity index (χ0) is 13.1. The first-order chi connectivity index (χ1) is 9.33. The Morgan fingerprint density at radius 2 is 1.68 bits per heavy atom. The second-order valence-electron chi connectivity index (χ2n) is 4.29. The molecule has 0 aromatic heterocycles. The summed E-state index contributed by atoms with van der Waals surface area (Å²) in [5.74, 6) is -0.117. The van der Waals surface area contributed by atoms with E-state index >= 15 is 0 Å². The molecule has 19 heavy (non-hydrogen) atoms. The maximum absolute atomic E-state index is 12.1. The van der Waals surface area contributed by atoms with E-state index in [0.717, 1.165) is 10.8 Å². The lowest BCUT2D eigenvalue weighted by Gasteiger charge is -2.05. The van der Waals surface area contributed by atoms with Crippen molar-refractivity contribution >= 4 is 22.4 Å². The second kappa shape index (κ2) is 4.94. The van der Waals surface area contributed by atoms with E-state index in [9.17, 15) is 4.79 Å². The van der Waals surface area contributed by atoms with Crippen LogP contribution in [-0.2, 0) is 0 Å². The Morgan fingerprint density at radius 1 is 0.895 bits per heavy atom. The fraction of sp³-hybridized carbons (Fsp3) is 0. The van der Waals surface area contributed by atoms with Crippen molar-refractivity contribution in [2.24, 2.45) is 0 Å². The van der Waals surface area contributed by atoms with Gasteiger partial charge in [0.2, 0.25) is 0 Å². The number of amides is 1. The average molecular weight is 246 g/mol. The number of carbonyl (C=O) groups excluding carboxylic acids is 1. The first-order valence-corrected chi connectivity index (χ1v) is 6.10. The van der Waals surface area contributed by atoms with Crippen LogP contribution >= 0.6 is 0 Å². The maximum atomic E-state index is 12.1. The number of hydrogen-bond donors (Lipinski definition) is 1. The fourth-order valence-electron chi connectivity index (χ4n) is 2.00. The fourth-order valence-corrected chi connectivity index (χ4v) is 2.00. The van der Waals surface area contributed by atoms with Gasteiger partial charge in [-0.1, -0.05) is 48.5 Å². The Morgan fingerprint density at radius 3 is 2.47 bits per heavy atom. The molecule has 0 saturated heterocycles. The predicted molar refractivity (Wildman–Crippen MR) is 77.2 cm³/mol. The van der Waals surface area contributed by atoms with Gasteiger partial charge in [0.1, 0.15) is 0 Å². The molecule has 3 rings (SSSR count). The van der Waals surface area contributed by atoms with E-state index in [1.165, 1.54) is 0 Å². The van der Waals surface area contributed by atoms with Crippen molar-refractivity contribution in [3.63, 3.8) is 0 Å². The number of nitrogens with one attached hydrogen (secondary N) is 1. The van der Waals surface area contributed by atoms with Crippen molar-refractivity contribution in [1.29, 1.82) is 0 Å². The number of carbonyl (C=O) groups is 1. The van der Waals surface area contributed by atoms with Gasteiger partial charge in [-0.05, 0) is 29.0 Å². The standard InChI is InChI=1S/C17H12NO/c19-17(18-16-8-2-1-3-9-16)15-11-10-13-6-4-5-7-14(13)12-15/h1-8,10-12H,(H,18,19). The number of fused-ring (bicyclic) bond motifs is 1. The molecule has 1 N–H and O–H groups in total. The molecule has 2 nitrogen and oxygen atoms in total. The second-order valence-corrected chi connectivity index (χ2v) is 4.29. The van der Waals surface area contributed by atoms with Crippen LogP contribution in [0.1, 0.15) is 10.4 Å². The molecule has 91 valence electrons. The molecular weight excluding hydrogens is 234 g/mol. The van der Waals surface area contributed by atoms with Gasteiger partial charge in [-0.15, -0.1) is 0 Å². The smallest absolute Gasteiger partial charge is 0.255 e. The van der Waals surface area contributed by atoms with Gasteiger partial charge in [-0.3, -0.25) is 4.79 Å². The number of benzene rings is 3. The molecule has 0 spiro atoms. The summed E-state index contributed by atoms with van der Waals surface area (Å²) in [6.45, 7) is 0. The van der Waals surface area contributed by atoms with Gasteiger partial charge in [0, 0.05) is 17.3 Å². The van der Waals surface area contributed by atoms with Crippen LogP contribution in [0.4, 0.5) is 5.69 Å². The van der Waals surface area contributed by atoms with Crippen LogP contribution in [-0.4, -0.2) is 5.91 Å². The van der Waals surface area contributed by atoms with Gasteiger partial charge in [-0.25, -0.2) is 0 Å². The zero-order valence-electron chi connectivity index (χ0n) is 10.3. The lowest BCUT2D eigenvalue weighted by atomic mass is 10.1. The Bertz CT molecular complexity index is 719. The van der Waals surface area contributed by atoms with Crippen LogP contribution in [0.25, 0.3) is 10.8 Å². The molecule has 0 saturated carbocycles. The minimum atomic E-state index is -0.117. The van der Waals surface area contributed by atoms with Gasteiger partial charge < -0.3 is 5.32 Å². The Kier molecular flexibility index (Phi) is 2.99. The van der Waals surface area contributed by atoms with Crippen molar-refractivity contribution in [2.45, 2.75) is 0 Å². The third-order valence-electron chi connectivity index (χ3n) is 2.97. The van der Waals surface area contributed by atoms with E-state index in [0.29, 0.717) is 11.3 Å². The summed E-state index contributed by atoms with van der Waals surface area (Å²) in [7, 11) is 0. The first kappa shape index (κ1) is 11.5. The van der Waals surface area contributed by atoms with E-state index in [1.807, 2.05) is 60.7 Å². The molecule has 3 aromatic carbocycles. The summed E-state index contributed by atoms with van der Waals surface area (Å²) in [5, 5.41) is 5.02. The summed E-state index contributed by atoms with van der Waals surface area (Å²) >= 11 is 0. The molecule has 0 heterocycles.